The van der Waals surface area contributed by atoms with Gasteiger partial charge in [0.05, 0.1) is 5.02 Å². The molecule has 106 valence electrons. The van der Waals surface area contributed by atoms with E-state index in [4.69, 9.17) is 17.3 Å². The maximum Gasteiger partial charge on any atom is 0.145 e. The molecule has 2 N–H and O–H groups in total. The summed E-state index contributed by atoms with van der Waals surface area (Å²) in [6, 6.07) is 7.51. The van der Waals surface area contributed by atoms with Crippen molar-refractivity contribution in [3.63, 3.8) is 0 Å². The first-order valence-corrected chi connectivity index (χ1v) is 6.47. The Morgan fingerprint density at radius 2 is 1.70 bits per heavy atom. The summed E-state index contributed by atoms with van der Waals surface area (Å²) in [5, 5.41) is 0.0302. The van der Waals surface area contributed by atoms with E-state index in [9.17, 15) is 13.2 Å². The molecule has 0 aromatic heterocycles. The van der Waals surface area contributed by atoms with Crippen molar-refractivity contribution < 1.29 is 13.2 Å². The smallest absolute Gasteiger partial charge is 0.145 e. The van der Waals surface area contributed by atoms with Gasteiger partial charge < -0.3 is 5.73 Å². The van der Waals surface area contributed by atoms with E-state index in [1.807, 2.05) is 0 Å². The van der Waals surface area contributed by atoms with Crippen LogP contribution in [-0.4, -0.2) is 6.04 Å². The maximum absolute atomic E-state index is 13.7. The molecule has 0 amide bonds. The third-order valence-electron chi connectivity index (χ3n) is 3.01. The van der Waals surface area contributed by atoms with E-state index in [0.29, 0.717) is 11.1 Å². The molecule has 5 heteroatoms. The van der Waals surface area contributed by atoms with Gasteiger partial charge in [0.15, 0.2) is 0 Å². The highest BCUT2D eigenvalue weighted by molar-refractivity contribution is 6.30. The van der Waals surface area contributed by atoms with Crippen LogP contribution < -0.4 is 5.73 Å². The summed E-state index contributed by atoms with van der Waals surface area (Å²) < 4.78 is 40.0. The minimum atomic E-state index is -0.646. The van der Waals surface area contributed by atoms with E-state index in [2.05, 4.69) is 0 Å². The lowest BCUT2D eigenvalue weighted by Gasteiger charge is -2.13. The third kappa shape index (κ3) is 3.52. The number of halogens is 4. The number of hydrogen-bond acceptors (Lipinski definition) is 1. The van der Waals surface area contributed by atoms with Crippen LogP contribution in [0.25, 0.3) is 0 Å². The fourth-order valence-corrected chi connectivity index (χ4v) is 2.22. The molecule has 1 nitrogen and oxygen atoms in total. The average molecular weight is 300 g/mol. The lowest BCUT2D eigenvalue weighted by molar-refractivity contribution is 0.551. The Morgan fingerprint density at radius 3 is 2.40 bits per heavy atom. The zero-order valence-electron chi connectivity index (χ0n) is 10.5. The molecule has 0 bridgehead atoms. The molecule has 0 saturated carbocycles. The van der Waals surface area contributed by atoms with Crippen LogP contribution in [0, 0.1) is 17.5 Å². The quantitative estimate of drug-likeness (QED) is 0.911. The lowest BCUT2D eigenvalue weighted by atomic mass is 9.99. The molecular weight excluding hydrogens is 287 g/mol. The van der Waals surface area contributed by atoms with Gasteiger partial charge in [-0.15, -0.1) is 0 Å². The topological polar surface area (TPSA) is 26.0 Å². The maximum atomic E-state index is 13.7. The van der Waals surface area contributed by atoms with E-state index in [1.165, 1.54) is 18.2 Å². The summed E-state index contributed by atoms with van der Waals surface area (Å²) in [5.41, 5.74) is 6.58. The Balaban J connectivity index is 2.09. The van der Waals surface area contributed by atoms with Crippen LogP contribution in [0.3, 0.4) is 0 Å². The number of nitrogens with two attached hydrogens (primary N) is 1. The van der Waals surface area contributed by atoms with E-state index in [0.717, 1.165) is 6.07 Å². The SMILES string of the molecule is NC(Cc1ccc(F)cc1F)Cc1cccc(Cl)c1F. The van der Waals surface area contributed by atoms with E-state index >= 15 is 0 Å². The summed E-state index contributed by atoms with van der Waals surface area (Å²) in [6.45, 7) is 0. The molecular formula is C15H13ClF3N. The molecule has 1 unspecified atom stereocenters. The highest BCUT2D eigenvalue weighted by Gasteiger charge is 2.13. The van der Waals surface area contributed by atoms with Gasteiger partial charge in [-0.2, -0.15) is 0 Å². The van der Waals surface area contributed by atoms with Crippen LogP contribution in [-0.2, 0) is 12.8 Å². The van der Waals surface area contributed by atoms with Gasteiger partial charge in [-0.3, -0.25) is 0 Å². The molecule has 0 radical (unpaired) electrons. The van der Waals surface area contributed by atoms with Gasteiger partial charge in [0.1, 0.15) is 17.5 Å². The molecule has 0 fully saturated rings. The minimum Gasteiger partial charge on any atom is -0.327 e. The molecule has 2 aromatic carbocycles. The van der Waals surface area contributed by atoms with Crippen LogP contribution in [0.4, 0.5) is 13.2 Å². The van der Waals surface area contributed by atoms with Crippen LogP contribution in [0.1, 0.15) is 11.1 Å². The molecule has 1 atom stereocenters. The zero-order chi connectivity index (χ0) is 14.7. The lowest BCUT2D eigenvalue weighted by Crippen LogP contribution is -2.26. The number of rotatable bonds is 4. The van der Waals surface area contributed by atoms with Gasteiger partial charge in [-0.05, 0) is 36.1 Å². The minimum absolute atomic E-state index is 0.0302. The van der Waals surface area contributed by atoms with Crippen molar-refractivity contribution in [2.24, 2.45) is 5.73 Å². The molecule has 0 aliphatic carbocycles. The zero-order valence-corrected chi connectivity index (χ0v) is 11.3. The first kappa shape index (κ1) is 14.9. The van der Waals surface area contributed by atoms with Crippen molar-refractivity contribution in [3.8, 4) is 0 Å². The highest BCUT2D eigenvalue weighted by Crippen LogP contribution is 2.20. The van der Waals surface area contributed by atoms with Crippen LogP contribution in [0.2, 0.25) is 5.02 Å². The van der Waals surface area contributed by atoms with Crippen molar-refractivity contribution in [1.82, 2.24) is 0 Å². The first-order valence-electron chi connectivity index (χ1n) is 6.09. The summed E-state index contributed by atoms with van der Waals surface area (Å²) in [5.74, 6) is -1.79. The second-order valence-corrected chi connectivity index (χ2v) is 5.02. The molecule has 0 aliphatic rings. The van der Waals surface area contributed by atoms with E-state index < -0.39 is 23.5 Å². The van der Waals surface area contributed by atoms with E-state index in [-0.39, 0.29) is 17.9 Å². The monoisotopic (exact) mass is 299 g/mol. The highest BCUT2D eigenvalue weighted by atomic mass is 35.5. The van der Waals surface area contributed by atoms with Crippen LogP contribution in [0.15, 0.2) is 36.4 Å². The van der Waals surface area contributed by atoms with Crippen molar-refractivity contribution in [2.45, 2.75) is 18.9 Å². The van der Waals surface area contributed by atoms with Gasteiger partial charge >= 0.3 is 0 Å². The fourth-order valence-electron chi connectivity index (χ4n) is 2.03. The Labute approximate surface area is 120 Å². The molecule has 0 spiro atoms. The van der Waals surface area contributed by atoms with Crippen molar-refractivity contribution in [3.05, 3.63) is 70.0 Å². The van der Waals surface area contributed by atoms with Gasteiger partial charge in [-0.1, -0.05) is 29.8 Å². The Hall–Kier alpha value is -1.52. The summed E-state index contributed by atoms with van der Waals surface area (Å²) >= 11 is 5.68. The molecule has 20 heavy (non-hydrogen) atoms. The standard InChI is InChI=1S/C15H13ClF3N/c16-13-3-1-2-10(15(13)19)7-12(20)6-9-4-5-11(17)8-14(9)18/h1-5,8,12H,6-7,20H2. The summed E-state index contributed by atoms with van der Waals surface area (Å²) in [4.78, 5) is 0. The van der Waals surface area contributed by atoms with Gasteiger partial charge in [-0.25, -0.2) is 13.2 Å². The van der Waals surface area contributed by atoms with Crippen molar-refractivity contribution in [1.29, 1.82) is 0 Å². The Bertz CT molecular complexity index is 616. The summed E-state index contributed by atoms with van der Waals surface area (Å²) in [6.07, 6.45) is 0.418. The van der Waals surface area contributed by atoms with Crippen LogP contribution in [0.5, 0.6) is 0 Å². The summed E-state index contributed by atoms with van der Waals surface area (Å²) in [7, 11) is 0. The number of hydrogen-bond donors (Lipinski definition) is 1. The van der Waals surface area contributed by atoms with Gasteiger partial charge in [0.25, 0.3) is 0 Å². The normalized spacial score (nSPS) is 12.4. The molecule has 2 aromatic rings. The second kappa shape index (κ2) is 6.29. The van der Waals surface area contributed by atoms with Crippen LogP contribution >= 0.6 is 11.6 Å². The van der Waals surface area contributed by atoms with Crippen molar-refractivity contribution in [2.75, 3.05) is 0 Å². The average Bonchev–Trinajstić information content (AvgIpc) is 2.38. The van der Waals surface area contributed by atoms with E-state index in [1.54, 1.807) is 12.1 Å². The predicted octanol–water partition coefficient (Wildman–Crippen LogP) is 3.87. The number of benzene rings is 2. The Morgan fingerprint density at radius 1 is 1.00 bits per heavy atom. The molecule has 0 heterocycles. The third-order valence-corrected chi connectivity index (χ3v) is 3.30. The largest absolute Gasteiger partial charge is 0.327 e. The molecule has 2 rings (SSSR count). The Kier molecular flexibility index (Phi) is 4.68. The fraction of sp³-hybridized carbons (Fsp3) is 0.200. The first-order chi connectivity index (χ1) is 9.47. The second-order valence-electron chi connectivity index (χ2n) is 4.62. The van der Waals surface area contributed by atoms with Gasteiger partial charge in [0.2, 0.25) is 0 Å². The predicted molar refractivity (Wildman–Crippen MR) is 73.2 cm³/mol. The van der Waals surface area contributed by atoms with Crippen molar-refractivity contribution >= 4 is 11.6 Å². The molecule has 0 aliphatic heterocycles. The molecule has 0 saturated heterocycles. The van der Waals surface area contributed by atoms with Gasteiger partial charge in [0, 0.05) is 12.1 Å².